The Morgan fingerprint density at radius 3 is 2.62 bits per heavy atom. The van der Waals surface area contributed by atoms with Gasteiger partial charge in [-0.2, -0.15) is 0 Å². The fraction of sp³-hybridized carbons (Fsp3) is 0.708. The Morgan fingerprint density at radius 1 is 1.10 bits per heavy atom. The highest BCUT2D eigenvalue weighted by Gasteiger charge is 2.54. The molecule has 29 heavy (non-hydrogen) atoms. The predicted molar refractivity (Wildman–Crippen MR) is 104 cm³/mol. The third-order valence-electron chi connectivity index (χ3n) is 7.98. The largest absolute Gasteiger partial charge is 0.545 e. The second-order valence-corrected chi connectivity index (χ2v) is 9.89. The molecule has 0 saturated heterocycles. The van der Waals surface area contributed by atoms with Gasteiger partial charge >= 0.3 is 0 Å². The van der Waals surface area contributed by atoms with Crippen molar-refractivity contribution in [2.75, 3.05) is 0 Å². The van der Waals surface area contributed by atoms with Crippen LogP contribution in [-0.2, 0) is 17.6 Å². The molecule has 4 aliphatic carbocycles. The lowest BCUT2D eigenvalue weighted by Gasteiger charge is -2.35. The van der Waals surface area contributed by atoms with E-state index in [1.807, 2.05) is 13.8 Å². The number of hydrogen-bond acceptors (Lipinski definition) is 4. The first-order chi connectivity index (χ1) is 13.9. The summed E-state index contributed by atoms with van der Waals surface area (Å²) in [5, 5.41) is 11.6. The SMILES string of the molecule is CC(C)C(Oc1cc(C(=O)[O-])c2c(c1F)CCC2)OC1CC2CC1C1CCCC21. The molecule has 158 valence electrons. The van der Waals surface area contributed by atoms with Crippen molar-refractivity contribution < 1.29 is 23.8 Å². The molecular weight excluding hydrogens is 371 g/mol. The molecule has 0 radical (unpaired) electrons. The molecule has 4 aliphatic rings. The Kier molecular flexibility index (Phi) is 4.84. The van der Waals surface area contributed by atoms with Crippen molar-refractivity contribution in [2.24, 2.45) is 29.6 Å². The third kappa shape index (κ3) is 3.17. The van der Waals surface area contributed by atoms with Crippen molar-refractivity contribution in [3.05, 3.63) is 28.6 Å². The van der Waals surface area contributed by atoms with Crippen LogP contribution in [-0.4, -0.2) is 18.4 Å². The van der Waals surface area contributed by atoms with E-state index in [-0.39, 0.29) is 23.3 Å². The molecule has 6 unspecified atom stereocenters. The quantitative estimate of drug-likeness (QED) is 0.679. The van der Waals surface area contributed by atoms with E-state index in [1.165, 1.54) is 31.7 Å². The van der Waals surface area contributed by atoms with Gasteiger partial charge in [-0.1, -0.05) is 20.3 Å². The highest BCUT2D eigenvalue weighted by Crippen LogP contribution is 2.59. The Labute approximate surface area is 171 Å². The summed E-state index contributed by atoms with van der Waals surface area (Å²) in [7, 11) is 0. The lowest BCUT2D eigenvalue weighted by Crippen LogP contribution is -2.38. The van der Waals surface area contributed by atoms with Gasteiger partial charge < -0.3 is 19.4 Å². The molecule has 5 heteroatoms. The maximum atomic E-state index is 15.1. The first kappa shape index (κ1) is 19.3. The van der Waals surface area contributed by atoms with E-state index in [9.17, 15) is 9.90 Å². The molecule has 0 amide bonds. The molecule has 0 spiro atoms. The molecule has 0 aliphatic heterocycles. The van der Waals surface area contributed by atoms with Gasteiger partial charge in [-0.25, -0.2) is 4.39 Å². The minimum absolute atomic E-state index is 0.00884. The summed E-state index contributed by atoms with van der Waals surface area (Å²) >= 11 is 0. The normalized spacial score (nSPS) is 33.2. The van der Waals surface area contributed by atoms with Crippen LogP contribution in [0.15, 0.2) is 6.07 Å². The van der Waals surface area contributed by atoms with Gasteiger partial charge in [-0.3, -0.25) is 0 Å². The number of aromatic carboxylic acids is 1. The van der Waals surface area contributed by atoms with Gasteiger partial charge in [0.15, 0.2) is 11.6 Å². The standard InChI is InChI=1S/C24H31FO4/c1-12(2)24(28-20-10-13-9-18(20)15-6-3-5-14(13)15)29-21-11-19(23(26)27)16-7-4-8-17(16)22(21)25/h11-15,18,20,24H,3-10H2,1-2H3,(H,26,27)/p-1. The topological polar surface area (TPSA) is 58.6 Å². The Balaban J connectivity index is 1.37. The average molecular weight is 401 g/mol. The van der Waals surface area contributed by atoms with Crippen LogP contribution >= 0.6 is 0 Å². The van der Waals surface area contributed by atoms with E-state index in [0.717, 1.165) is 30.6 Å². The summed E-state index contributed by atoms with van der Waals surface area (Å²) in [6.45, 7) is 4.00. The summed E-state index contributed by atoms with van der Waals surface area (Å²) in [6.07, 6.45) is 7.83. The van der Waals surface area contributed by atoms with Crippen LogP contribution in [0.25, 0.3) is 0 Å². The lowest BCUT2D eigenvalue weighted by atomic mass is 9.80. The molecule has 3 saturated carbocycles. The van der Waals surface area contributed by atoms with Crippen molar-refractivity contribution in [3.8, 4) is 5.75 Å². The van der Waals surface area contributed by atoms with Crippen molar-refractivity contribution in [2.45, 2.75) is 77.6 Å². The van der Waals surface area contributed by atoms with E-state index < -0.39 is 18.1 Å². The minimum atomic E-state index is -1.27. The zero-order valence-corrected chi connectivity index (χ0v) is 17.3. The molecule has 4 nitrogen and oxygen atoms in total. The van der Waals surface area contributed by atoms with Crippen LogP contribution in [0.3, 0.4) is 0 Å². The first-order valence-electron chi connectivity index (χ1n) is 11.3. The van der Waals surface area contributed by atoms with Crippen LogP contribution in [0.4, 0.5) is 4.39 Å². The fourth-order valence-electron chi connectivity index (χ4n) is 6.76. The number of benzene rings is 1. The zero-order chi connectivity index (χ0) is 20.3. The number of halogens is 1. The van der Waals surface area contributed by atoms with Gasteiger partial charge in [0, 0.05) is 11.5 Å². The number of carboxylic acids is 1. The van der Waals surface area contributed by atoms with Gasteiger partial charge in [0.25, 0.3) is 0 Å². The fourth-order valence-corrected chi connectivity index (χ4v) is 6.76. The second-order valence-electron chi connectivity index (χ2n) is 9.89. The molecule has 5 rings (SSSR count). The van der Waals surface area contributed by atoms with Crippen LogP contribution in [0.2, 0.25) is 0 Å². The maximum absolute atomic E-state index is 15.1. The molecule has 2 bridgehead atoms. The number of rotatable bonds is 6. The number of carbonyl (C=O) groups excluding carboxylic acids is 1. The molecule has 0 aromatic heterocycles. The van der Waals surface area contributed by atoms with Crippen LogP contribution < -0.4 is 9.84 Å². The molecule has 1 aromatic carbocycles. The summed E-state index contributed by atoms with van der Waals surface area (Å²) < 4.78 is 27.5. The Bertz CT molecular complexity index is 820. The molecule has 0 heterocycles. The van der Waals surface area contributed by atoms with Crippen molar-refractivity contribution in [3.63, 3.8) is 0 Å². The lowest BCUT2D eigenvalue weighted by molar-refractivity contribution is -0.255. The van der Waals surface area contributed by atoms with Crippen LogP contribution in [0.1, 0.15) is 73.9 Å². The maximum Gasteiger partial charge on any atom is 0.202 e. The van der Waals surface area contributed by atoms with Gasteiger partial charge in [0.05, 0.1) is 12.1 Å². The van der Waals surface area contributed by atoms with Crippen LogP contribution in [0, 0.1) is 35.4 Å². The molecule has 6 atom stereocenters. The van der Waals surface area contributed by atoms with Gasteiger partial charge in [0.2, 0.25) is 6.29 Å². The monoisotopic (exact) mass is 401 g/mol. The van der Waals surface area contributed by atoms with Gasteiger partial charge in [-0.15, -0.1) is 0 Å². The predicted octanol–water partition coefficient (Wildman–Crippen LogP) is 3.88. The zero-order valence-electron chi connectivity index (χ0n) is 17.3. The number of carboxylic acid groups (broad SMARTS) is 1. The summed E-state index contributed by atoms with van der Waals surface area (Å²) in [5.41, 5.74) is 1.10. The second kappa shape index (κ2) is 7.26. The summed E-state index contributed by atoms with van der Waals surface area (Å²) in [6, 6.07) is 1.31. The number of carbonyl (C=O) groups is 1. The number of ether oxygens (including phenoxy) is 2. The van der Waals surface area contributed by atoms with Crippen molar-refractivity contribution >= 4 is 5.97 Å². The molecule has 1 aromatic rings. The van der Waals surface area contributed by atoms with E-state index >= 15 is 4.39 Å². The van der Waals surface area contributed by atoms with E-state index in [1.54, 1.807) is 0 Å². The van der Waals surface area contributed by atoms with Crippen molar-refractivity contribution in [1.82, 2.24) is 0 Å². The van der Waals surface area contributed by atoms with E-state index in [4.69, 9.17) is 9.47 Å². The average Bonchev–Trinajstić information content (AvgIpc) is 3.44. The van der Waals surface area contributed by atoms with Crippen molar-refractivity contribution in [1.29, 1.82) is 0 Å². The smallest absolute Gasteiger partial charge is 0.202 e. The van der Waals surface area contributed by atoms with Gasteiger partial charge in [0.1, 0.15) is 0 Å². The van der Waals surface area contributed by atoms with E-state index in [0.29, 0.717) is 29.9 Å². The third-order valence-corrected chi connectivity index (χ3v) is 7.98. The van der Waals surface area contributed by atoms with E-state index in [2.05, 4.69) is 0 Å². The Morgan fingerprint density at radius 2 is 1.86 bits per heavy atom. The van der Waals surface area contributed by atoms with Crippen LogP contribution in [0.5, 0.6) is 5.75 Å². The van der Waals surface area contributed by atoms with Gasteiger partial charge in [-0.05, 0) is 85.8 Å². The summed E-state index contributed by atoms with van der Waals surface area (Å²) in [5.74, 6) is 1.37. The molecule has 3 fully saturated rings. The highest BCUT2D eigenvalue weighted by molar-refractivity contribution is 5.89. The Hall–Kier alpha value is -1.62. The number of fused-ring (bicyclic) bond motifs is 6. The minimum Gasteiger partial charge on any atom is -0.545 e. The molecular formula is C24H30FO4-. The highest BCUT2D eigenvalue weighted by atomic mass is 19.1. The number of hydrogen-bond donors (Lipinski definition) is 0. The molecule has 0 N–H and O–H groups in total. The first-order valence-corrected chi connectivity index (χ1v) is 11.3. The summed E-state index contributed by atoms with van der Waals surface area (Å²) in [4.78, 5) is 11.6.